The predicted molar refractivity (Wildman–Crippen MR) is 127 cm³/mol. The number of furan rings is 1. The van der Waals surface area contributed by atoms with Gasteiger partial charge in [0, 0.05) is 24.5 Å². The van der Waals surface area contributed by atoms with Crippen LogP contribution in [0.4, 0.5) is 5.69 Å². The van der Waals surface area contributed by atoms with Gasteiger partial charge in [-0.2, -0.15) is 10.2 Å². The molecule has 0 aliphatic carbocycles. The maximum atomic E-state index is 12.9. The minimum Gasteiger partial charge on any atom is -0.467 e. The highest BCUT2D eigenvalue weighted by Crippen LogP contribution is 2.16. The van der Waals surface area contributed by atoms with Gasteiger partial charge in [-0.3, -0.25) is 14.3 Å². The van der Waals surface area contributed by atoms with E-state index in [2.05, 4.69) is 36.2 Å². The highest BCUT2D eigenvalue weighted by Gasteiger charge is 2.20. The van der Waals surface area contributed by atoms with Gasteiger partial charge in [-0.25, -0.2) is 4.68 Å². The van der Waals surface area contributed by atoms with Crippen LogP contribution in [0.3, 0.4) is 0 Å². The van der Waals surface area contributed by atoms with Crippen LogP contribution in [-0.4, -0.2) is 51.6 Å². The molecule has 2 amide bonds. The molecule has 5 aromatic rings. The van der Waals surface area contributed by atoms with Crippen molar-refractivity contribution < 1.29 is 14.0 Å². The van der Waals surface area contributed by atoms with Crippen molar-refractivity contribution in [3.63, 3.8) is 0 Å². The summed E-state index contributed by atoms with van der Waals surface area (Å²) in [7, 11) is 0. The number of hydrogen-bond acceptors (Lipinski definition) is 8. The van der Waals surface area contributed by atoms with E-state index in [-0.39, 0.29) is 30.3 Å². The van der Waals surface area contributed by atoms with Crippen LogP contribution in [0.2, 0.25) is 0 Å². The van der Waals surface area contributed by atoms with Crippen molar-refractivity contribution >= 4 is 17.5 Å². The van der Waals surface area contributed by atoms with Gasteiger partial charge in [0.15, 0.2) is 18.1 Å². The molecule has 0 fully saturated rings. The van der Waals surface area contributed by atoms with Crippen LogP contribution in [0.15, 0.2) is 71.6 Å². The maximum absolute atomic E-state index is 12.9. The third-order valence-corrected chi connectivity index (χ3v) is 5.18. The molecular weight excluding hydrogens is 464 g/mol. The molecule has 0 aliphatic rings. The lowest BCUT2D eigenvalue weighted by molar-refractivity contribution is 0.0943. The summed E-state index contributed by atoms with van der Waals surface area (Å²) in [6.07, 6.45) is 4.76. The van der Waals surface area contributed by atoms with E-state index in [1.165, 1.54) is 15.7 Å². The minimum absolute atomic E-state index is 0.0939. The normalized spacial score (nSPS) is 10.9. The van der Waals surface area contributed by atoms with Gasteiger partial charge in [-0.05, 0) is 30.3 Å². The van der Waals surface area contributed by atoms with Gasteiger partial charge in [-0.1, -0.05) is 30.3 Å². The molecule has 0 radical (unpaired) electrons. The molecule has 0 aliphatic heterocycles. The number of rotatable bonds is 9. The largest absolute Gasteiger partial charge is 0.467 e. The number of aryl methyl sites for hydroxylation is 1. The van der Waals surface area contributed by atoms with Crippen molar-refractivity contribution in [2.24, 2.45) is 0 Å². The number of anilines is 1. The first kappa shape index (κ1) is 22.7. The second-order valence-corrected chi connectivity index (χ2v) is 7.70. The van der Waals surface area contributed by atoms with Crippen LogP contribution in [0.1, 0.15) is 33.7 Å². The maximum Gasteiger partial charge on any atom is 0.276 e. The lowest BCUT2D eigenvalue weighted by atomic mass is 10.2. The van der Waals surface area contributed by atoms with Crippen molar-refractivity contribution in [1.29, 1.82) is 0 Å². The average Bonchev–Trinajstić information content (AvgIpc) is 3.71. The van der Waals surface area contributed by atoms with Gasteiger partial charge in [0.25, 0.3) is 11.8 Å². The Labute approximate surface area is 204 Å². The number of nitrogens with zero attached hydrogens (tertiary/aromatic N) is 8. The Morgan fingerprint density at radius 1 is 0.972 bits per heavy atom. The molecule has 5 rings (SSSR count). The van der Waals surface area contributed by atoms with Crippen LogP contribution >= 0.6 is 0 Å². The molecule has 0 spiro atoms. The topological polar surface area (TPSA) is 151 Å². The fourth-order valence-electron chi connectivity index (χ4n) is 3.39. The van der Waals surface area contributed by atoms with Gasteiger partial charge < -0.3 is 15.1 Å². The molecule has 1 aromatic carbocycles. The van der Waals surface area contributed by atoms with Crippen molar-refractivity contribution in [1.82, 2.24) is 45.1 Å². The zero-order chi connectivity index (χ0) is 24.9. The summed E-state index contributed by atoms with van der Waals surface area (Å²) in [5, 5.41) is 26.5. The molecule has 0 saturated heterocycles. The van der Waals surface area contributed by atoms with E-state index in [4.69, 9.17) is 4.42 Å². The number of hydrogen-bond donors (Lipinski definition) is 2. The van der Waals surface area contributed by atoms with E-state index in [0.717, 1.165) is 5.56 Å². The number of aromatic nitrogens is 8. The van der Waals surface area contributed by atoms with Crippen LogP contribution in [0.25, 0.3) is 11.4 Å². The molecular formula is C23H22N10O3. The smallest absolute Gasteiger partial charge is 0.276 e. The van der Waals surface area contributed by atoms with E-state index in [1.807, 2.05) is 37.3 Å². The number of tetrazole rings is 1. The Morgan fingerprint density at radius 2 is 1.83 bits per heavy atom. The average molecular weight is 486 g/mol. The van der Waals surface area contributed by atoms with E-state index >= 15 is 0 Å². The summed E-state index contributed by atoms with van der Waals surface area (Å²) in [4.78, 5) is 26.9. The first-order valence-corrected chi connectivity index (χ1v) is 11.1. The number of carbonyl (C=O) groups excluding carboxylic acids is 2. The summed E-state index contributed by atoms with van der Waals surface area (Å²) in [5.41, 5.74) is 1.38. The van der Waals surface area contributed by atoms with Gasteiger partial charge in [-0.15, -0.1) is 15.0 Å². The van der Waals surface area contributed by atoms with Crippen molar-refractivity contribution in [3.8, 4) is 11.4 Å². The number of carbonyl (C=O) groups is 2. The van der Waals surface area contributed by atoms with Gasteiger partial charge in [0.05, 0.1) is 18.5 Å². The Morgan fingerprint density at radius 3 is 2.61 bits per heavy atom. The van der Waals surface area contributed by atoms with Gasteiger partial charge >= 0.3 is 0 Å². The van der Waals surface area contributed by atoms with Crippen LogP contribution in [0, 0.1) is 0 Å². The molecule has 13 heteroatoms. The van der Waals surface area contributed by atoms with Crippen LogP contribution in [0.5, 0.6) is 0 Å². The predicted octanol–water partition coefficient (Wildman–Crippen LogP) is 2.03. The first-order chi connectivity index (χ1) is 17.6. The van der Waals surface area contributed by atoms with Crippen LogP contribution in [-0.2, 0) is 19.8 Å². The Hall–Kier alpha value is -5.07. The van der Waals surface area contributed by atoms with Gasteiger partial charge in [0.2, 0.25) is 5.82 Å². The highest BCUT2D eigenvalue weighted by molar-refractivity contribution is 6.07. The number of amides is 2. The lowest BCUT2D eigenvalue weighted by Crippen LogP contribution is -2.25. The molecule has 36 heavy (non-hydrogen) atoms. The molecule has 4 aromatic heterocycles. The third kappa shape index (κ3) is 5.04. The second kappa shape index (κ2) is 10.0. The fraction of sp³-hybridized carbons (Fsp3) is 0.174. The monoisotopic (exact) mass is 486 g/mol. The quantitative estimate of drug-likeness (QED) is 0.321. The minimum atomic E-state index is -0.485. The Balaban J connectivity index is 1.25. The van der Waals surface area contributed by atoms with Crippen molar-refractivity contribution in [3.05, 3.63) is 84.3 Å². The van der Waals surface area contributed by atoms with E-state index < -0.39 is 11.8 Å². The summed E-state index contributed by atoms with van der Waals surface area (Å²) in [6.45, 7) is 2.78. The number of benzene rings is 1. The summed E-state index contributed by atoms with van der Waals surface area (Å²) < 4.78 is 8.31. The van der Waals surface area contributed by atoms with E-state index in [1.54, 1.807) is 35.3 Å². The van der Waals surface area contributed by atoms with Gasteiger partial charge in [0.1, 0.15) is 5.76 Å². The van der Waals surface area contributed by atoms with Crippen molar-refractivity contribution in [2.45, 2.75) is 26.7 Å². The summed E-state index contributed by atoms with van der Waals surface area (Å²) >= 11 is 0. The van der Waals surface area contributed by atoms with Crippen molar-refractivity contribution in [2.75, 3.05) is 5.32 Å². The number of nitrogens with one attached hydrogen (secondary N) is 2. The van der Waals surface area contributed by atoms with E-state index in [9.17, 15) is 9.59 Å². The molecule has 0 unspecified atom stereocenters. The summed E-state index contributed by atoms with van der Waals surface area (Å²) in [5.74, 6) is 0.172. The molecule has 2 N–H and O–H groups in total. The molecule has 182 valence electrons. The second-order valence-electron chi connectivity index (χ2n) is 7.70. The Bertz CT molecular complexity index is 1470. The Kier molecular flexibility index (Phi) is 6.34. The van der Waals surface area contributed by atoms with Crippen LogP contribution < -0.4 is 10.6 Å². The first-order valence-electron chi connectivity index (χ1n) is 11.1. The third-order valence-electron chi connectivity index (χ3n) is 5.18. The highest BCUT2D eigenvalue weighted by atomic mass is 16.3. The standard InChI is InChI=1S/C23H22N10O3/c1-2-31-14-19(20(28-31)23(35)24-13-17-9-6-12-36-17)25-22(34)18-10-11-32(27-18)15-33-29-21(26-30-33)16-7-4-3-5-8-16/h3-12,14H,2,13,15H2,1H3,(H,24,35)(H,25,34). The zero-order valence-corrected chi connectivity index (χ0v) is 19.3. The fourth-order valence-corrected chi connectivity index (χ4v) is 3.39. The lowest BCUT2D eigenvalue weighted by Gasteiger charge is -2.05. The SMILES string of the molecule is CCn1cc(NC(=O)c2ccn(Cn3nnc(-c4ccccc4)n3)n2)c(C(=O)NCc2ccco2)n1. The molecule has 4 heterocycles. The molecule has 0 bridgehead atoms. The summed E-state index contributed by atoms with van der Waals surface area (Å²) in [6, 6.07) is 14.5. The molecule has 0 atom stereocenters. The molecule has 13 nitrogen and oxygen atoms in total. The van der Waals surface area contributed by atoms with E-state index in [0.29, 0.717) is 18.1 Å². The zero-order valence-electron chi connectivity index (χ0n) is 19.3. The molecule has 0 saturated carbocycles.